The van der Waals surface area contributed by atoms with Crippen molar-refractivity contribution in [2.45, 2.75) is 25.9 Å². The molecule has 4 nitrogen and oxygen atoms in total. The molecule has 2 aromatic carbocycles. The Morgan fingerprint density at radius 1 is 1.26 bits per heavy atom. The summed E-state index contributed by atoms with van der Waals surface area (Å²) in [6.07, 6.45) is 0.328. The molecule has 1 amide bonds. The molecule has 0 spiro atoms. The Morgan fingerprint density at radius 3 is 2.78 bits per heavy atom. The van der Waals surface area contributed by atoms with Gasteiger partial charge in [0.2, 0.25) is 6.10 Å². The Bertz CT molecular complexity index is 758. The highest BCUT2D eigenvalue weighted by molar-refractivity contribution is 6.06. The van der Waals surface area contributed by atoms with Gasteiger partial charge < -0.3 is 10.2 Å². The van der Waals surface area contributed by atoms with Crippen LogP contribution < -0.4 is 5.32 Å². The van der Waals surface area contributed by atoms with Crippen molar-refractivity contribution in [3.05, 3.63) is 65.5 Å². The number of rotatable bonds is 4. The Morgan fingerprint density at radius 2 is 2.00 bits per heavy atom. The van der Waals surface area contributed by atoms with E-state index in [0.29, 0.717) is 11.3 Å². The summed E-state index contributed by atoms with van der Waals surface area (Å²) in [6, 6.07) is 13.9. The van der Waals surface area contributed by atoms with Crippen molar-refractivity contribution >= 4 is 17.3 Å². The molecule has 118 valence electrons. The second-order valence-corrected chi connectivity index (χ2v) is 5.32. The van der Waals surface area contributed by atoms with Crippen LogP contribution in [-0.2, 0) is 16.1 Å². The molecule has 3 rings (SSSR count). The molecule has 0 aliphatic carbocycles. The topological polar surface area (TPSA) is 50.7 Å². The number of hydrogen-bond donors (Lipinski definition) is 1. The van der Waals surface area contributed by atoms with Crippen LogP contribution in [0.3, 0.4) is 0 Å². The normalized spacial score (nSPS) is 16.6. The van der Waals surface area contributed by atoms with Crippen LogP contribution in [0.5, 0.6) is 0 Å². The van der Waals surface area contributed by atoms with Crippen LogP contribution in [0.1, 0.15) is 24.5 Å². The van der Waals surface area contributed by atoms with Crippen LogP contribution in [0.2, 0.25) is 0 Å². The fraction of sp³-hybridized carbons (Fsp3) is 0.222. The lowest BCUT2D eigenvalue weighted by molar-refractivity contribution is -0.125. The van der Waals surface area contributed by atoms with E-state index in [-0.39, 0.29) is 18.1 Å². The maximum atomic E-state index is 13.8. The van der Waals surface area contributed by atoms with Crippen molar-refractivity contribution in [2.75, 3.05) is 5.32 Å². The van der Waals surface area contributed by atoms with Crippen LogP contribution in [0.15, 0.2) is 53.7 Å². The van der Waals surface area contributed by atoms with Gasteiger partial charge in [-0.3, -0.25) is 4.79 Å². The van der Waals surface area contributed by atoms with E-state index in [1.807, 2.05) is 31.2 Å². The van der Waals surface area contributed by atoms with Crippen molar-refractivity contribution in [1.82, 2.24) is 0 Å². The number of nitrogens with zero attached hydrogens (tertiary/aromatic N) is 1. The van der Waals surface area contributed by atoms with E-state index in [9.17, 15) is 9.18 Å². The number of carbonyl (C=O) groups is 1. The second kappa shape index (κ2) is 6.60. The smallest absolute Gasteiger partial charge is 0.268 e. The number of benzene rings is 2. The van der Waals surface area contributed by atoms with Gasteiger partial charge in [0.1, 0.15) is 5.82 Å². The zero-order valence-electron chi connectivity index (χ0n) is 12.8. The summed E-state index contributed by atoms with van der Waals surface area (Å²) in [5, 5.41) is 6.73. The van der Waals surface area contributed by atoms with Crippen LogP contribution in [0.25, 0.3) is 0 Å². The first-order chi connectivity index (χ1) is 11.2. The van der Waals surface area contributed by atoms with Gasteiger partial charge in [0, 0.05) is 17.7 Å². The maximum absolute atomic E-state index is 13.8. The van der Waals surface area contributed by atoms with Crippen molar-refractivity contribution in [3.63, 3.8) is 0 Å². The Labute approximate surface area is 134 Å². The monoisotopic (exact) mass is 312 g/mol. The molecule has 5 heteroatoms. The lowest BCUT2D eigenvalue weighted by atomic mass is 10.0. The maximum Gasteiger partial charge on any atom is 0.268 e. The number of aryl methyl sites for hydroxylation is 1. The van der Waals surface area contributed by atoms with Crippen molar-refractivity contribution in [2.24, 2.45) is 5.16 Å². The first-order valence-electron chi connectivity index (χ1n) is 7.55. The van der Waals surface area contributed by atoms with E-state index >= 15 is 0 Å². The zero-order chi connectivity index (χ0) is 16.2. The highest BCUT2D eigenvalue weighted by Gasteiger charge is 2.30. The SMILES string of the molecule is CCc1ccccc1NC(=O)[C@@H]1CC(c2ccccc2F)=NO1. The number of amides is 1. The Hall–Kier alpha value is -2.69. The third-order valence-corrected chi connectivity index (χ3v) is 3.80. The molecule has 1 atom stereocenters. The summed E-state index contributed by atoms with van der Waals surface area (Å²) in [5.74, 6) is -0.645. The number of hydrogen-bond acceptors (Lipinski definition) is 3. The first-order valence-corrected chi connectivity index (χ1v) is 7.55. The fourth-order valence-electron chi connectivity index (χ4n) is 2.54. The predicted molar refractivity (Wildman–Crippen MR) is 86.9 cm³/mol. The molecule has 0 unspecified atom stereocenters. The second-order valence-electron chi connectivity index (χ2n) is 5.32. The number of carbonyl (C=O) groups excluding carboxylic acids is 1. The lowest BCUT2D eigenvalue weighted by Crippen LogP contribution is -2.28. The molecule has 0 radical (unpaired) electrons. The van der Waals surface area contributed by atoms with E-state index in [2.05, 4.69) is 10.5 Å². The van der Waals surface area contributed by atoms with E-state index in [1.54, 1.807) is 18.2 Å². The van der Waals surface area contributed by atoms with Crippen molar-refractivity contribution in [3.8, 4) is 0 Å². The summed E-state index contributed by atoms with van der Waals surface area (Å²) in [7, 11) is 0. The van der Waals surface area contributed by atoms with Gasteiger partial charge in [-0.2, -0.15) is 0 Å². The van der Waals surface area contributed by atoms with Crippen LogP contribution in [0.4, 0.5) is 10.1 Å². The van der Waals surface area contributed by atoms with E-state index in [0.717, 1.165) is 17.7 Å². The summed E-state index contributed by atoms with van der Waals surface area (Å²) < 4.78 is 13.8. The average Bonchev–Trinajstić information content (AvgIpc) is 3.05. The van der Waals surface area contributed by atoms with Crippen molar-refractivity contribution < 1.29 is 14.0 Å². The minimum absolute atomic E-state index is 0.251. The Balaban J connectivity index is 1.68. The molecular weight excluding hydrogens is 295 g/mol. The standard InChI is InChI=1S/C18H17FN2O2/c1-2-12-7-3-6-10-15(12)20-18(22)17-11-16(21-23-17)13-8-4-5-9-14(13)19/h3-10,17H,2,11H2,1H3,(H,20,22)/t17-/m0/s1. The minimum Gasteiger partial charge on any atom is -0.382 e. The highest BCUT2D eigenvalue weighted by Crippen LogP contribution is 2.21. The third kappa shape index (κ3) is 3.23. The predicted octanol–water partition coefficient (Wildman–Crippen LogP) is 3.52. The molecule has 0 bridgehead atoms. The third-order valence-electron chi connectivity index (χ3n) is 3.80. The number of nitrogens with one attached hydrogen (secondary N) is 1. The van der Waals surface area contributed by atoms with E-state index in [4.69, 9.17) is 4.84 Å². The quantitative estimate of drug-likeness (QED) is 0.939. The highest BCUT2D eigenvalue weighted by atomic mass is 19.1. The lowest BCUT2D eigenvalue weighted by Gasteiger charge is -2.12. The molecule has 2 aromatic rings. The van der Waals surface area contributed by atoms with Crippen molar-refractivity contribution in [1.29, 1.82) is 0 Å². The largest absolute Gasteiger partial charge is 0.382 e. The molecule has 1 aliphatic rings. The molecule has 23 heavy (non-hydrogen) atoms. The Kier molecular flexibility index (Phi) is 4.37. The zero-order valence-corrected chi connectivity index (χ0v) is 12.8. The molecule has 1 aliphatic heterocycles. The van der Waals surface area contributed by atoms with Gasteiger partial charge in [0.25, 0.3) is 5.91 Å². The molecule has 1 heterocycles. The fourth-order valence-corrected chi connectivity index (χ4v) is 2.54. The molecule has 0 saturated carbocycles. The van der Waals surface area contributed by atoms with Gasteiger partial charge in [0.15, 0.2) is 0 Å². The average molecular weight is 312 g/mol. The van der Waals surface area contributed by atoms with Gasteiger partial charge in [0.05, 0.1) is 5.71 Å². The van der Waals surface area contributed by atoms with Crippen LogP contribution in [0, 0.1) is 5.82 Å². The number of halogens is 1. The van der Waals surface area contributed by atoms with Crippen LogP contribution >= 0.6 is 0 Å². The minimum atomic E-state index is -0.741. The number of anilines is 1. The van der Waals surface area contributed by atoms with Gasteiger partial charge >= 0.3 is 0 Å². The van der Waals surface area contributed by atoms with Gasteiger partial charge in [-0.05, 0) is 24.1 Å². The molecule has 0 fully saturated rings. The molecule has 1 N–H and O–H groups in total. The van der Waals surface area contributed by atoms with Gasteiger partial charge in [-0.1, -0.05) is 48.5 Å². The summed E-state index contributed by atoms with van der Waals surface area (Å²) >= 11 is 0. The number of oxime groups is 1. The van der Waals surface area contributed by atoms with E-state index in [1.165, 1.54) is 6.07 Å². The molecule has 0 aromatic heterocycles. The molecular formula is C18H17FN2O2. The number of para-hydroxylation sites is 1. The summed E-state index contributed by atoms with van der Waals surface area (Å²) in [5.41, 5.74) is 2.64. The van der Waals surface area contributed by atoms with Crippen LogP contribution in [-0.4, -0.2) is 17.7 Å². The summed E-state index contributed by atoms with van der Waals surface area (Å²) in [6.45, 7) is 2.02. The van der Waals surface area contributed by atoms with E-state index < -0.39 is 6.10 Å². The summed E-state index contributed by atoms with van der Waals surface area (Å²) in [4.78, 5) is 17.5. The first kappa shape index (κ1) is 15.2. The van der Waals surface area contributed by atoms with Gasteiger partial charge in [-0.25, -0.2) is 4.39 Å². The molecule has 0 saturated heterocycles. The van der Waals surface area contributed by atoms with Gasteiger partial charge in [-0.15, -0.1) is 0 Å².